The predicted octanol–water partition coefficient (Wildman–Crippen LogP) is 3.00. The van der Waals surface area contributed by atoms with E-state index in [2.05, 4.69) is 18.6 Å². The Kier molecular flexibility index (Phi) is 4.46. The standard InChI is InChI=1S/C14H21NO4S2/c1-9-11(8-10(20-9)13(16)17)21(18,19)15-12-6-4-5-7-14(12,2)3/h8,12,15H,4-7H2,1-3H3,(H,16,17). The van der Waals surface area contributed by atoms with Crippen molar-refractivity contribution in [1.29, 1.82) is 0 Å². The van der Waals surface area contributed by atoms with Gasteiger partial charge >= 0.3 is 5.97 Å². The number of hydrogen-bond donors (Lipinski definition) is 2. The molecule has 1 aliphatic rings. The van der Waals surface area contributed by atoms with E-state index in [0.29, 0.717) is 4.88 Å². The van der Waals surface area contributed by atoms with E-state index in [1.54, 1.807) is 6.92 Å². The van der Waals surface area contributed by atoms with E-state index >= 15 is 0 Å². The van der Waals surface area contributed by atoms with Gasteiger partial charge < -0.3 is 5.11 Å². The lowest BCUT2D eigenvalue weighted by molar-refractivity contribution is 0.0702. The van der Waals surface area contributed by atoms with Crippen LogP contribution in [0.1, 0.15) is 54.1 Å². The highest BCUT2D eigenvalue weighted by Crippen LogP contribution is 2.36. The zero-order valence-corrected chi connectivity index (χ0v) is 14.1. The minimum Gasteiger partial charge on any atom is -0.477 e. The van der Waals surface area contributed by atoms with Gasteiger partial charge in [-0.05, 0) is 31.2 Å². The van der Waals surface area contributed by atoms with Crippen molar-refractivity contribution >= 4 is 27.3 Å². The van der Waals surface area contributed by atoms with Gasteiger partial charge in [0, 0.05) is 10.9 Å². The number of aryl methyl sites for hydroxylation is 1. The molecule has 0 bridgehead atoms. The van der Waals surface area contributed by atoms with E-state index in [0.717, 1.165) is 37.0 Å². The molecule has 2 N–H and O–H groups in total. The first kappa shape index (κ1) is 16.5. The number of carboxylic acid groups (broad SMARTS) is 1. The van der Waals surface area contributed by atoms with Crippen LogP contribution in [0.2, 0.25) is 0 Å². The maximum atomic E-state index is 12.5. The number of carboxylic acids is 1. The number of nitrogens with one attached hydrogen (secondary N) is 1. The molecule has 1 aromatic rings. The SMILES string of the molecule is Cc1sc(C(=O)O)cc1S(=O)(=O)NC1CCCCC1(C)C. The summed E-state index contributed by atoms with van der Waals surface area (Å²) in [7, 11) is -3.68. The first-order chi connectivity index (χ1) is 9.63. The summed E-state index contributed by atoms with van der Waals surface area (Å²) in [6.07, 6.45) is 3.94. The molecule has 0 aliphatic heterocycles. The van der Waals surface area contributed by atoms with Crippen LogP contribution in [0, 0.1) is 12.3 Å². The molecule has 118 valence electrons. The van der Waals surface area contributed by atoms with Gasteiger partial charge in [0.2, 0.25) is 10.0 Å². The summed E-state index contributed by atoms with van der Waals surface area (Å²) in [5.74, 6) is -1.09. The number of rotatable bonds is 4. The van der Waals surface area contributed by atoms with Crippen molar-refractivity contribution in [2.45, 2.75) is 57.4 Å². The summed E-state index contributed by atoms with van der Waals surface area (Å²) in [5, 5.41) is 8.99. The maximum absolute atomic E-state index is 12.5. The molecule has 5 nitrogen and oxygen atoms in total. The molecule has 0 spiro atoms. The van der Waals surface area contributed by atoms with Crippen molar-refractivity contribution in [3.63, 3.8) is 0 Å². The summed E-state index contributed by atoms with van der Waals surface area (Å²) in [5.41, 5.74) is -0.0785. The lowest BCUT2D eigenvalue weighted by Crippen LogP contribution is -2.46. The Morgan fingerprint density at radius 3 is 2.62 bits per heavy atom. The molecule has 1 atom stereocenters. The molecule has 1 heterocycles. The van der Waals surface area contributed by atoms with Gasteiger partial charge in [-0.2, -0.15) is 0 Å². The molecule has 2 rings (SSSR count). The zero-order chi connectivity index (χ0) is 15.8. The first-order valence-electron chi connectivity index (χ1n) is 6.99. The molecule has 1 aliphatic carbocycles. The van der Waals surface area contributed by atoms with Crippen LogP contribution in [0.4, 0.5) is 0 Å². The molecule has 7 heteroatoms. The van der Waals surface area contributed by atoms with Gasteiger partial charge in [-0.15, -0.1) is 11.3 Å². The average Bonchev–Trinajstić information content (AvgIpc) is 2.75. The van der Waals surface area contributed by atoms with Crippen LogP contribution in [0.5, 0.6) is 0 Å². The van der Waals surface area contributed by atoms with Crippen LogP contribution >= 0.6 is 11.3 Å². The van der Waals surface area contributed by atoms with Crippen molar-refractivity contribution < 1.29 is 18.3 Å². The number of hydrogen-bond acceptors (Lipinski definition) is 4. The summed E-state index contributed by atoms with van der Waals surface area (Å²) in [6.45, 7) is 5.78. The van der Waals surface area contributed by atoms with Crippen LogP contribution < -0.4 is 4.72 Å². The predicted molar refractivity (Wildman–Crippen MR) is 82.4 cm³/mol. The van der Waals surface area contributed by atoms with E-state index in [-0.39, 0.29) is 21.2 Å². The second-order valence-electron chi connectivity index (χ2n) is 6.24. The quantitative estimate of drug-likeness (QED) is 0.888. The van der Waals surface area contributed by atoms with Crippen LogP contribution in [0.25, 0.3) is 0 Å². The molecule has 1 unspecified atom stereocenters. The van der Waals surface area contributed by atoms with Gasteiger partial charge in [0.1, 0.15) is 4.88 Å². The number of aromatic carboxylic acids is 1. The molecular weight excluding hydrogens is 310 g/mol. The Labute approximate surface area is 129 Å². The van der Waals surface area contributed by atoms with Crippen LogP contribution in [-0.4, -0.2) is 25.5 Å². The molecule has 21 heavy (non-hydrogen) atoms. The first-order valence-corrected chi connectivity index (χ1v) is 9.29. The fourth-order valence-electron chi connectivity index (χ4n) is 2.80. The summed E-state index contributed by atoms with van der Waals surface area (Å²) in [4.78, 5) is 11.6. The lowest BCUT2D eigenvalue weighted by atomic mass is 9.74. The summed E-state index contributed by atoms with van der Waals surface area (Å²) in [6, 6.07) is 1.14. The molecule has 0 aromatic carbocycles. The number of sulfonamides is 1. The monoisotopic (exact) mass is 331 g/mol. The number of carbonyl (C=O) groups is 1. The second-order valence-corrected chi connectivity index (χ2v) is 9.18. The van der Waals surface area contributed by atoms with Crippen LogP contribution in [0.15, 0.2) is 11.0 Å². The number of thiophene rings is 1. The average molecular weight is 331 g/mol. The normalized spacial score (nSPS) is 22.1. The van der Waals surface area contributed by atoms with E-state index < -0.39 is 16.0 Å². The highest BCUT2D eigenvalue weighted by molar-refractivity contribution is 7.89. The minimum absolute atomic E-state index is 0.0516. The van der Waals surface area contributed by atoms with Crippen LogP contribution in [-0.2, 0) is 10.0 Å². The largest absolute Gasteiger partial charge is 0.477 e. The Balaban J connectivity index is 2.28. The fraction of sp³-hybridized carbons (Fsp3) is 0.643. The third kappa shape index (κ3) is 3.46. The van der Waals surface area contributed by atoms with Gasteiger partial charge in [0.05, 0.1) is 4.90 Å². The Hall–Kier alpha value is -0.920. The van der Waals surface area contributed by atoms with E-state index in [9.17, 15) is 13.2 Å². The Bertz CT molecular complexity index is 646. The molecule has 0 radical (unpaired) electrons. The summed E-state index contributed by atoms with van der Waals surface area (Å²) >= 11 is 0.993. The third-order valence-electron chi connectivity index (χ3n) is 4.18. The molecule has 1 fully saturated rings. The van der Waals surface area contributed by atoms with E-state index in [4.69, 9.17) is 5.11 Å². The Morgan fingerprint density at radius 1 is 1.43 bits per heavy atom. The second kappa shape index (κ2) is 5.70. The Morgan fingerprint density at radius 2 is 2.10 bits per heavy atom. The van der Waals surface area contributed by atoms with Gasteiger partial charge in [0.15, 0.2) is 0 Å². The highest BCUT2D eigenvalue weighted by Gasteiger charge is 2.36. The van der Waals surface area contributed by atoms with Gasteiger partial charge in [0.25, 0.3) is 0 Å². The topological polar surface area (TPSA) is 83.5 Å². The molecule has 0 saturated heterocycles. The fourth-order valence-corrected chi connectivity index (χ4v) is 5.67. The summed E-state index contributed by atoms with van der Waals surface area (Å²) < 4.78 is 27.9. The lowest BCUT2D eigenvalue weighted by Gasteiger charge is -2.38. The van der Waals surface area contributed by atoms with Crippen molar-refractivity contribution in [3.05, 3.63) is 15.8 Å². The zero-order valence-electron chi connectivity index (χ0n) is 12.5. The third-order valence-corrected chi connectivity index (χ3v) is 6.94. The highest BCUT2D eigenvalue weighted by atomic mass is 32.2. The van der Waals surface area contributed by atoms with Crippen molar-refractivity contribution in [2.24, 2.45) is 5.41 Å². The molecule has 1 aromatic heterocycles. The van der Waals surface area contributed by atoms with Gasteiger partial charge in [-0.25, -0.2) is 17.9 Å². The van der Waals surface area contributed by atoms with Crippen LogP contribution in [0.3, 0.4) is 0 Å². The minimum atomic E-state index is -3.68. The smallest absolute Gasteiger partial charge is 0.345 e. The molecule has 0 amide bonds. The molecule has 1 saturated carbocycles. The van der Waals surface area contributed by atoms with E-state index in [1.165, 1.54) is 6.07 Å². The van der Waals surface area contributed by atoms with E-state index in [1.807, 2.05) is 0 Å². The molecular formula is C14H21NO4S2. The van der Waals surface area contributed by atoms with Crippen molar-refractivity contribution in [1.82, 2.24) is 4.72 Å². The van der Waals surface area contributed by atoms with Crippen molar-refractivity contribution in [3.8, 4) is 0 Å². The van der Waals surface area contributed by atoms with Crippen molar-refractivity contribution in [2.75, 3.05) is 0 Å². The maximum Gasteiger partial charge on any atom is 0.345 e. The van der Waals surface area contributed by atoms with Gasteiger partial charge in [-0.1, -0.05) is 26.7 Å². The van der Waals surface area contributed by atoms with Gasteiger partial charge in [-0.3, -0.25) is 0 Å².